The molecule has 0 spiro atoms. The molecule has 1 atom stereocenters. The van der Waals surface area contributed by atoms with Crippen molar-refractivity contribution in [1.82, 2.24) is 0 Å². The van der Waals surface area contributed by atoms with Gasteiger partial charge in [-0.05, 0) is 24.2 Å². The molecule has 0 aromatic rings. The van der Waals surface area contributed by atoms with Crippen LogP contribution >= 0.6 is 8.58 Å². The van der Waals surface area contributed by atoms with Crippen molar-refractivity contribution in [3.63, 3.8) is 0 Å². The van der Waals surface area contributed by atoms with Crippen molar-refractivity contribution in [2.24, 2.45) is 0 Å². The minimum Gasteiger partial charge on any atom is -0.116 e. The standard InChI is InChI=1S/C6H13P/c1-5(2)7-6-3-4-6/h5-7H,3-4H2,1-2H3. The Morgan fingerprint density at radius 1 is 1.43 bits per heavy atom. The smallest absolute Gasteiger partial charge is 0.0234 e. The Labute approximate surface area is 47.5 Å². The molecule has 1 heteroatoms. The van der Waals surface area contributed by atoms with E-state index in [1.807, 2.05) is 0 Å². The van der Waals surface area contributed by atoms with Gasteiger partial charge < -0.3 is 0 Å². The van der Waals surface area contributed by atoms with Crippen LogP contribution < -0.4 is 0 Å². The van der Waals surface area contributed by atoms with E-state index in [4.69, 9.17) is 0 Å². The maximum atomic E-state index is 2.32. The van der Waals surface area contributed by atoms with Crippen LogP contribution in [0.15, 0.2) is 0 Å². The Hall–Kier alpha value is 0.430. The quantitative estimate of drug-likeness (QED) is 0.485. The van der Waals surface area contributed by atoms with Crippen molar-refractivity contribution in [3.8, 4) is 0 Å². The number of hydrogen-bond donors (Lipinski definition) is 0. The Bertz CT molecular complexity index is 55.2. The molecular weight excluding hydrogens is 103 g/mol. The fourth-order valence-corrected chi connectivity index (χ4v) is 2.16. The molecule has 0 saturated heterocycles. The minimum absolute atomic E-state index is 0.965. The van der Waals surface area contributed by atoms with Gasteiger partial charge in [0.1, 0.15) is 0 Å². The van der Waals surface area contributed by atoms with Gasteiger partial charge in [0, 0.05) is 0 Å². The third kappa shape index (κ3) is 2.29. The van der Waals surface area contributed by atoms with Crippen LogP contribution in [0.25, 0.3) is 0 Å². The first-order valence-electron chi connectivity index (χ1n) is 3.05. The van der Waals surface area contributed by atoms with Crippen molar-refractivity contribution in [1.29, 1.82) is 0 Å². The van der Waals surface area contributed by atoms with Crippen LogP contribution in [0, 0.1) is 0 Å². The lowest BCUT2D eigenvalue weighted by Crippen LogP contribution is -1.83. The molecule has 1 aliphatic rings. The lowest BCUT2D eigenvalue weighted by molar-refractivity contribution is 1.09. The first-order valence-corrected chi connectivity index (χ1v) is 4.20. The minimum atomic E-state index is 0.965. The summed E-state index contributed by atoms with van der Waals surface area (Å²) < 4.78 is 0. The summed E-state index contributed by atoms with van der Waals surface area (Å²) >= 11 is 0. The van der Waals surface area contributed by atoms with E-state index in [1.54, 1.807) is 0 Å². The molecule has 1 saturated carbocycles. The maximum absolute atomic E-state index is 2.32. The van der Waals surface area contributed by atoms with Gasteiger partial charge in [-0.15, -0.1) is 8.58 Å². The van der Waals surface area contributed by atoms with Crippen molar-refractivity contribution in [2.75, 3.05) is 0 Å². The average Bonchev–Trinajstić information content (AvgIpc) is 2.17. The molecule has 0 aromatic carbocycles. The molecular formula is C6H13P. The fourth-order valence-electron chi connectivity index (χ4n) is 0.721. The first-order chi connectivity index (χ1) is 3.29. The average molecular weight is 116 g/mol. The van der Waals surface area contributed by atoms with Crippen molar-refractivity contribution < 1.29 is 0 Å². The Morgan fingerprint density at radius 3 is 2.14 bits per heavy atom. The van der Waals surface area contributed by atoms with Crippen LogP contribution in [0.4, 0.5) is 0 Å². The summed E-state index contributed by atoms with van der Waals surface area (Å²) in [5.74, 6) is 0. The highest BCUT2D eigenvalue weighted by atomic mass is 31.1. The monoisotopic (exact) mass is 116 g/mol. The highest BCUT2D eigenvalue weighted by Crippen LogP contribution is 2.41. The Balaban J connectivity index is 1.97. The highest BCUT2D eigenvalue weighted by Gasteiger charge is 2.21. The van der Waals surface area contributed by atoms with E-state index in [0.29, 0.717) is 0 Å². The van der Waals surface area contributed by atoms with E-state index < -0.39 is 0 Å². The Kier molecular flexibility index (Phi) is 1.69. The summed E-state index contributed by atoms with van der Waals surface area (Å²) in [5, 5.41) is 0. The molecule has 1 aliphatic carbocycles. The van der Waals surface area contributed by atoms with Crippen LogP contribution in [-0.4, -0.2) is 11.3 Å². The molecule has 0 heterocycles. The zero-order valence-corrected chi connectivity index (χ0v) is 6.07. The maximum Gasteiger partial charge on any atom is -0.0234 e. The third-order valence-electron chi connectivity index (χ3n) is 1.15. The van der Waals surface area contributed by atoms with E-state index >= 15 is 0 Å². The highest BCUT2D eigenvalue weighted by molar-refractivity contribution is 7.40. The zero-order chi connectivity index (χ0) is 5.28. The Morgan fingerprint density at radius 2 is 2.00 bits per heavy atom. The van der Waals surface area contributed by atoms with Crippen molar-refractivity contribution >= 4 is 8.58 Å². The van der Waals surface area contributed by atoms with Crippen LogP contribution in [-0.2, 0) is 0 Å². The van der Waals surface area contributed by atoms with Crippen LogP contribution in [0.2, 0.25) is 0 Å². The van der Waals surface area contributed by atoms with Gasteiger partial charge in [0.15, 0.2) is 0 Å². The van der Waals surface area contributed by atoms with Crippen molar-refractivity contribution in [2.45, 2.75) is 38.0 Å². The summed E-state index contributed by atoms with van der Waals surface area (Å²) in [6.45, 7) is 4.63. The fraction of sp³-hybridized carbons (Fsp3) is 1.00. The van der Waals surface area contributed by atoms with Gasteiger partial charge in [-0.1, -0.05) is 13.8 Å². The summed E-state index contributed by atoms with van der Waals surface area (Å²) in [7, 11) is 1.26. The van der Waals surface area contributed by atoms with Gasteiger partial charge in [-0.25, -0.2) is 0 Å². The molecule has 42 valence electrons. The lowest BCUT2D eigenvalue weighted by atomic mass is 10.6. The van der Waals surface area contributed by atoms with Gasteiger partial charge in [0.2, 0.25) is 0 Å². The topological polar surface area (TPSA) is 0 Å². The molecule has 1 fully saturated rings. The molecule has 1 unspecified atom stereocenters. The zero-order valence-electron chi connectivity index (χ0n) is 5.07. The van der Waals surface area contributed by atoms with Gasteiger partial charge in [-0.3, -0.25) is 0 Å². The second kappa shape index (κ2) is 2.13. The molecule has 0 aromatic heterocycles. The van der Waals surface area contributed by atoms with Crippen LogP contribution in [0.3, 0.4) is 0 Å². The predicted octanol–water partition coefficient (Wildman–Crippen LogP) is 2.24. The number of rotatable bonds is 2. The van der Waals surface area contributed by atoms with Gasteiger partial charge in [-0.2, -0.15) is 0 Å². The number of hydrogen-bond acceptors (Lipinski definition) is 0. The van der Waals surface area contributed by atoms with Gasteiger partial charge in [0.25, 0.3) is 0 Å². The molecule has 1 rings (SSSR count). The SMILES string of the molecule is CC(C)PC1CC1. The first kappa shape index (κ1) is 5.56. The van der Waals surface area contributed by atoms with E-state index in [9.17, 15) is 0 Å². The van der Waals surface area contributed by atoms with Crippen LogP contribution in [0.5, 0.6) is 0 Å². The lowest BCUT2D eigenvalue weighted by Gasteiger charge is -1.98. The molecule has 0 amide bonds. The summed E-state index contributed by atoms with van der Waals surface area (Å²) in [6.07, 6.45) is 3.05. The molecule has 0 aliphatic heterocycles. The van der Waals surface area contributed by atoms with E-state index in [-0.39, 0.29) is 0 Å². The summed E-state index contributed by atoms with van der Waals surface area (Å²) in [6, 6.07) is 0. The third-order valence-corrected chi connectivity index (χ3v) is 2.86. The van der Waals surface area contributed by atoms with Crippen LogP contribution in [0.1, 0.15) is 26.7 Å². The summed E-state index contributed by atoms with van der Waals surface area (Å²) in [5.41, 5.74) is 2.12. The second-order valence-corrected chi connectivity index (χ2v) is 4.90. The van der Waals surface area contributed by atoms with Gasteiger partial charge >= 0.3 is 0 Å². The van der Waals surface area contributed by atoms with E-state index in [0.717, 1.165) is 11.3 Å². The largest absolute Gasteiger partial charge is 0.116 e. The molecule has 0 bridgehead atoms. The molecule has 0 nitrogen and oxygen atoms in total. The van der Waals surface area contributed by atoms with Crippen molar-refractivity contribution in [3.05, 3.63) is 0 Å². The molecule has 0 radical (unpaired) electrons. The van der Waals surface area contributed by atoms with E-state index in [1.165, 1.54) is 21.4 Å². The second-order valence-electron chi connectivity index (χ2n) is 2.60. The molecule has 0 N–H and O–H groups in total. The van der Waals surface area contributed by atoms with E-state index in [2.05, 4.69) is 13.8 Å². The normalized spacial score (nSPS) is 22.7. The summed E-state index contributed by atoms with van der Waals surface area (Å²) in [4.78, 5) is 0. The predicted molar refractivity (Wildman–Crippen MR) is 36.5 cm³/mol. The van der Waals surface area contributed by atoms with Gasteiger partial charge in [0.05, 0.1) is 0 Å². The molecule has 7 heavy (non-hydrogen) atoms.